The number of benzene rings is 1. The fraction of sp³-hybridized carbons (Fsp3) is 0.368. The minimum atomic E-state index is -0.797. The summed E-state index contributed by atoms with van der Waals surface area (Å²) in [6.07, 6.45) is 1.93. The van der Waals surface area contributed by atoms with Crippen molar-refractivity contribution in [3.63, 3.8) is 0 Å². The number of furan rings is 1. The van der Waals surface area contributed by atoms with Crippen LogP contribution in [-0.4, -0.2) is 35.0 Å². The molecule has 25 heavy (non-hydrogen) atoms. The van der Waals surface area contributed by atoms with Crippen molar-refractivity contribution in [2.24, 2.45) is 11.8 Å². The van der Waals surface area contributed by atoms with Gasteiger partial charge in [-0.1, -0.05) is 25.1 Å². The molecule has 6 heteroatoms. The lowest BCUT2D eigenvalue weighted by Crippen LogP contribution is -2.45. The molecular weight excluding hydrogens is 322 g/mol. The topological polar surface area (TPSA) is 80.0 Å². The van der Waals surface area contributed by atoms with E-state index in [9.17, 15) is 14.7 Å². The summed E-state index contributed by atoms with van der Waals surface area (Å²) in [5, 5.41) is 9.20. The van der Waals surface area contributed by atoms with Crippen LogP contribution < -0.4 is 4.74 Å². The van der Waals surface area contributed by atoms with Gasteiger partial charge in [-0.05, 0) is 30.5 Å². The Labute approximate surface area is 146 Å². The van der Waals surface area contributed by atoms with Crippen LogP contribution in [0.15, 0.2) is 47.1 Å². The van der Waals surface area contributed by atoms with Gasteiger partial charge in [0.1, 0.15) is 12.4 Å². The highest BCUT2D eigenvalue weighted by molar-refractivity contribution is 5.93. The van der Waals surface area contributed by atoms with E-state index >= 15 is 0 Å². The van der Waals surface area contributed by atoms with Gasteiger partial charge in [-0.25, -0.2) is 0 Å². The van der Waals surface area contributed by atoms with Gasteiger partial charge in [-0.15, -0.1) is 0 Å². The molecule has 1 aliphatic heterocycles. The molecule has 1 aliphatic rings. The maximum Gasteiger partial charge on any atom is 0.306 e. The minimum absolute atomic E-state index is 0.0887. The molecule has 0 bridgehead atoms. The molecule has 1 aromatic heterocycles. The average Bonchev–Trinajstić information content (AvgIpc) is 3.08. The summed E-state index contributed by atoms with van der Waals surface area (Å²) < 4.78 is 11.1. The van der Waals surface area contributed by atoms with E-state index in [1.165, 1.54) is 6.26 Å². The number of rotatable bonds is 5. The molecule has 1 saturated heterocycles. The molecule has 2 aromatic rings. The van der Waals surface area contributed by atoms with Crippen LogP contribution in [0.4, 0.5) is 0 Å². The van der Waals surface area contributed by atoms with Crippen molar-refractivity contribution in [2.75, 3.05) is 13.1 Å². The Kier molecular flexibility index (Phi) is 5.07. The van der Waals surface area contributed by atoms with E-state index in [2.05, 4.69) is 0 Å². The fourth-order valence-electron chi connectivity index (χ4n) is 3.16. The smallest absolute Gasteiger partial charge is 0.306 e. The summed E-state index contributed by atoms with van der Waals surface area (Å²) in [5.74, 6) is -0.521. The zero-order valence-corrected chi connectivity index (χ0v) is 14.1. The first-order chi connectivity index (χ1) is 12.1. The van der Waals surface area contributed by atoms with Crippen molar-refractivity contribution in [1.29, 1.82) is 0 Å². The standard InChI is InChI=1S/C19H21NO5/c1-13-11-20(9-7-16(13)19(22)23)18(21)17-14(8-10-24-17)12-25-15-5-3-2-4-6-15/h2-6,8,10,13,16H,7,9,11-12H2,1H3,(H,22,23)/t13-,16+/m1/s1. The molecule has 1 aromatic carbocycles. The highest BCUT2D eigenvalue weighted by Crippen LogP contribution is 2.26. The van der Waals surface area contributed by atoms with Gasteiger partial charge in [0.2, 0.25) is 0 Å². The summed E-state index contributed by atoms with van der Waals surface area (Å²) in [4.78, 5) is 25.6. The molecule has 2 heterocycles. The number of carbonyl (C=O) groups is 2. The first-order valence-electron chi connectivity index (χ1n) is 8.32. The second kappa shape index (κ2) is 7.42. The molecule has 0 aliphatic carbocycles. The number of likely N-dealkylation sites (tertiary alicyclic amines) is 1. The minimum Gasteiger partial charge on any atom is -0.489 e. The maximum absolute atomic E-state index is 12.7. The van der Waals surface area contributed by atoms with Crippen molar-refractivity contribution in [1.82, 2.24) is 4.90 Å². The predicted molar refractivity (Wildman–Crippen MR) is 90.3 cm³/mol. The van der Waals surface area contributed by atoms with Crippen LogP contribution in [0.3, 0.4) is 0 Å². The van der Waals surface area contributed by atoms with Gasteiger partial charge in [-0.2, -0.15) is 0 Å². The number of hydrogen-bond acceptors (Lipinski definition) is 4. The van der Waals surface area contributed by atoms with Crippen LogP contribution in [0.1, 0.15) is 29.5 Å². The zero-order valence-electron chi connectivity index (χ0n) is 14.1. The van der Waals surface area contributed by atoms with Crippen molar-refractivity contribution < 1.29 is 23.8 Å². The Morgan fingerprint density at radius 2 is 2.04 bits per heavy atom. The average molecular weight is 343 g/mol. The lowest BCUT2D eigenvalue weighted by Gasteiger charge is -2.34. The van der Waals surface area contributed by atoms with Crippen molar-refractivity contribution >= 4 is 11.9 Å². The molecule has 6 nitrogen and oxygen atoms in total. The molecule has 2 atom stereocenters. The van der Waals surface area contributed by atoms with Crippen LogP contribution in [0.2, 0.25) is 0 Å². The molecular formula is C19H21NO5. The molecule has 1 N–H and O–H groups in total. The fourth-order valence-corrected chi connectivity index (χ4v) is 3.16. The summed E-state index contributed by atoms with van der Waals surface area (Å²) in [5.41, 5.74) is 0.682. The number of ether oxygens (including phenoxy) is 1. The van der Waals surface area contributed by atoms with Crippen LogP contribution in [-0.2, 0) is 11.4 Å². The Balaban J connectivity index is 1.65. The van der Waals surface area contributed by atoms with E-state index in [0.29, 0.717) is 25.1 Å². The van der Waals surface area contributed by atoms with Gasteiger partial charge >= 0.3 is 5.97 Å². The molecule has 1 amide bonds. The summed E-state index contributed by atoms with van der Waals surface area (Å²) in [6.45, 7) is 2.93. The Hall–Kier alpha value is -2.76. The van der Waals surface area contributed by atoms with Crippen LogP contribution >= 0.6 is 0 Å². The van der Waals surface area contributed by atoms with Crippen LogP contribution in [0, 0.1) is 11.8 Å². The van der Waals surface area contributed by atoms with Gasteiger partial charge in [0, 0.05) is 18.7 Å². The normalized spacial score (nSPS) is 20.3. The Morgan fingerprint density at radius 3 is 2.72 bits per heavy atom. The second-order valence-electron chi connectivity index (χ2n) is 6.34. The van der Waals surface area contributed by atoms with E-state index in [-0.39, 0.29) is 24.2 Å². The van der Waals surface area contributed by atoms with E-state index in [4.69, 9.17) is 9.15 Å². The first kappa shape index (κ1) is 17.1. The van der Waals surface area contributed by atoms with E-state index in [1.54, 1.807) is 11.0 Å². The number of hydrogen-bond donors (Lipinski definition) is 1. The molecule has 0 spiro atoms. The highest BCUT2D eigenvalue weighted by Gasteiger charge is 2.34. The van der Waals surface area contributed by atoms with Crippen LogP contribution in [0.25, 0.3) is 0 Å². The van der Waals surface area contributed by atoms with Crippen molar-refractivity contribution in [3.8, 4) is 5.75 Å². The highest BCUT2D eigenvalue weighted by atomic mass is 16.5. The molecule has 0 saturated carbocycles. The Bertz CT molecular complexity index is 739. The number of carboxylic acid groups (broad SMARTS) is 1. The number of para-hydroxylation sites is 1. The van der Waals surface area contributed by atoms with Gasteiger partial charge in [-0.3, -0.25) is 9.59 Å². The third kappa shape index (κ3) is 3.84. The number of amides is 1. The number of carboxylic acids is 1. The molecule has 0 radical (unpaired) electrons. The Morgan fingerprint density at radius 1 is 1.28 bits per heavy atom. The maximum atomic E-state index is 12.7. The number of piperidine rings is 1. The predicted octanol–water partition coefficient (Wildman–Crippen LogP) is 3.04. The second-order valence-corrected chi connectivity index (χ2v) is 6.34. The number of nitrogens with zero attached hydrogens (tertiary/aromatic N) is 1. The quantitative estimate of drug-likeness (QED) is 0.902. The zero-order chi connectivity index (χ0) is 17.8. The van der Waals surface area contributed by atoms with Gasteiger partial charge < -0.3 is 19.2 Å². The van der Waals surface area contributed by atoms with Crippen molar-refractivity contribution in [2.45, 2.75) is 20.0 Å². The largest absolute Gasteiger partial charge is 0.489 e. The first-order valence-corrected chi connectivity index (χ1v) is 8.32. The van der Waals surface area contributed by atoms with E-state index in [0.717, 1.165) is 5.75 Å². The lowest BCUT2D eigenvalue weighted by atomic mass is 9.87. The van der Waals surface area contributed by atoms with E-state index in [1.807, 2.05) is 37.3 Å². The lowest BCUT2D eigenvalue weighted by molar-refractivity contribution is -0.145. The summed E-state index contributed by atoms with van der Waals surface area (Å²) in [6, 6.07) is 11.1. The SMILES string of the molecule is C[C@@H]1CN(C(=O)c2occc2COc2ccccc2)CC[C@@H]1C(=O)O. The molecule has 3 rings (SSSR count). The molecule has 1 fully saturated rings. The van der Waals surface area contributed by atoms with Gasteiger partial charge in [0.05, 0.1) is 12.2 Å². The third-order valence-corrected chi connectivity index (χ3v) is 4.59. The van der Waals surface area contributed by atoms with Crippen molar-refractivity contribution in [3.05, 3.63) is 54.0 Å². The van der Waals surface area contributed by atoms with Gasteiger partial charge in [0.25, 0.3) is 5.91 Å². The summed E-state index contributed by atoms with van der Waals surface area (Å²) >= 11 is 0. The van der Waals surface area contributed by atoms with Gasteiger partial charge in [0.15, 0.2) is 5.76 Å². The van der Waals surface area contributed by atoms with Crippen LogP contribution in [0.5, 0.6) is 5.75 Å². The molecule has 132 valence electrons. The number of carbonyl (C=O) groups excluding carboxylic acids is 1. The van der Waals surface area contributed by atoms with E-state index < -0.39 is 11.9 Å². The molecule has 0 unspecified atom stereocenters. The number of aliphatic carboxylic acids is 1. The summed E-state index contributed by atoms with van der Waals surface area (Å²) in [7, 11) is 0. The monoisotopic (exact) mass is 343 g/mol. The third-order valence-electron chi connectivity index (χ3n) is 4.59.